The Hall–Kier alpha value is -0.900. The summed E-state index contributed by atoms with van der Waals surface area (Å²) >= 11 is 1.80. The van der Waals surface area contributed by atoms with Gasteiger partial charge >= 0.3 is 0 Å². The highest BCUT2D eigenvalue weighted by Gasteiger charge is 2.28. The van der Waals surface area contributed by atoms with E-state index in [9.17, 15) is 4.79 Å². The van der Waals surface area contributed by atoms with Crippen molar-refractivity contribution in [2.45, 2.75) is 50.9 Å². The molecule has 0 bridgehead atoms. The second-order valence-corrected chi connectivity index (χ2v) is 6.43. The summed E-state index contributed by atoms with van der Waals surface area (Å²) < 4.78 is 0. The number of likely N-dealkylation sites (tertiary alicyclic amines) is 1. The zero-order valence-electron chi connectivity index (χ0n) is 10.9. The van der Waals surface area contributed by atoms with Crippen LogP contribution in [-0.2, 0) is 4.79 Å². The lowest BCUT2D eigenvalue weighted by Gasteiger charge is -2.12. The largest absolute Gasteiger partial charge is 0.342 e. The third-order valence-corrected chi connectivity index (χ3v) is 5.32. The summed E-state index contributed by atoms with van der Waals surface area (Å²) in [7, 11) is 0. The first-order chi connectivity index (χ1) is 8.74. The van der Waals surface area contributed by atoms with Crippen molar-refractivity contribution in [2.75, 3.05) is 13.1 Å². The number of aromatic nitrogens is 1. The van der Waals surface area contributed by atoms with Crippen LogP contribution >= 0.6 is 11.3 Å². The number of carbonyl (C=O) groups is 1. The summed E-state index contributed by atoms with van der Waals surface area (Å²) in [4.78, 5) is 18.1. The lowest BCUT2D eigenvalue weighted by atomic mass is 10.1. The van der Waals surface area contributed by atoms with E-state index in [1.807, 2.05) is 4.90 Å². The number of hydrogen-bond acceptors (Lipinski definition) is 3. The molecule has 2 aliphatic rings. The zero-order chi connectivity index (χ0) is 12.5. The smallest absolute Gasteiger partial charge is 0.219 e. The van der Waals surface area contributed by atoms with Crippen LogP contribution in [0, 0.1) is 0 Å². The lowest BCUT2D eigenvalue weighted by molar-refractivity contribution is -0.127. The molecule has 1 aliphatic heterocycles. The van der Waals surface area contributed by atoms with Gasteiger partial charge in [-0.1, -0.05) is 12.8 Å². The predicted octanol–water partition coefficient (Wildman–Crippen LogP) is 3.14. The average molecular weight is 264 g/mol. The van der Waals surface area contributed by atoms with Crippen LogP contribution in [0.4, 0.5) is 0 Å². The molecule has 2 fully saturated rings. The first-order valence-corrected chi connectivity index (χ1v) is 7.83. The lowest BCUT2D eigenvalue weighted by Crippen LogP contribution is -2.25. The van der Waals surface area contributed by atoms with E-state index in [0.717, 1.165) is 19.5 Å². The highest BCUT2D eigenvalue weighted by Crippen LogP contribution is 2.37. The molecule has 1 aromatic heterocycles. The molecule has 1 unspecified atom stereocenters. The monoisotopic (exact) mass is 264 g/mol. The number of thiazole rings is 1. The normalized spacial score (nSPS) is 24.9. The molecule has 3 nitrogen and oxygen atoms in total. The molecule has 1 amide bonds. The summed E-state index contributed by atoms with van der Waals surface area (Å²) in [5.74, 6) is 1.39. The Morgan fingerprint density at radius 2 is 2.11 bits per heavy atom. The van der Waals surface area contributed by atoms with Crippen LogP contribution in [0.2, 0.25) is 0 Å². The summed E-state index contributed by atoms with van der Waals surface area (Å²) in [6, 6.07) is 0. The van der Waals surface area contributed by atoms with Crippen molar-refractivity contribution < 1.29 is 4.79 Å². The minimum atomic E-state index is 0.199. The molecule has 1 saturated carbocycles. The number of hydrogen-bond donors (Lipinski definition) is 0. The molecule has 18 heavy (non-hydrogen) atoms. The highest BCUT2D eigenvalue weighted by atomic mass is 32.1. The van der Waals surface area contributed by atoms with Crippen LogP contribution in [0.15, 0.2) is 5.38 Å². The van der Waals surface area contributed by atoms with Gasteiger partial charge in [-0.25, -0.2) is 4.98 Å². The molecule has 2 heterocycles. The SMILES string of the molecule is CC(=O)N1CCC(c2nc(C3CCCC3)cs2)C1. The Morgan fingerprint density at radius 1 is 1.33 bits per heavy atom. The van der Waals surface area contributed by atoms with Crippen LogP contribution in [0.3, 0.4) is 0 Å². The van der Waals surface area contributed by atoms with Gasteiger partial charge in [0, 0.05) is 37.2 Å². The third kappa shape index (κ3) is 2.30. The van der Waals surface area contributed by atoms with Gasteiger partial charge in [-0.2, -0.15) is 0 Å². The molecule has 0 N–H and O–H groups in total. The topological polar surface area (TPSA) is 33.2 Å². The molecule has 1 aliphatic carbocycles. The van der Waals surface area contributed by atoms with E-state index in [1.165, 1.54) is 36.4 Å². The van der Waals surface area contributed by atoms with E-state index in [0.29, 0.717) is 11.8 Å². The van der Waals surface area contributed by atoms with Crippen molar-refractivity contribution in [3.8, 4) is 0 Å². The van der Waals surface area contributed by atoms with Crippen molar-refractivity contribution in [1.82, 2.24) is 9.88 Å². The maximum atomic E-state index is 11.3. The Kier molecular flexibility index (Phi) is 3.37. The fourth-order valence-corrected chi connectivity index (χ4v) is 4.17. The van der Waals surface area contributed by atoms with Gasteiger partial charge in [-0.3, -0.25) is 4.79 Å². The van der Waals surface area contributed by atoms with Crippen LogP contribution < -0.4 is 0 Å². The number of nitrogens with zero attached hydrogens (tertiary/aromatic N) is 2. The fourth-order valence-electron chi connectivity index (χ4n) is 3.15. The quantitative estimate of drug-likeness (QED) is 0.822. The van der Waals surface area contributed by atoms with E-state index < -0.39 is 0 Å². The van der Waals surface area contributed by atoms with E-state index in [1.54, 1.807) is 18.3 Å². The maximum Gasteiger partial charge on any atom is 0.219 e. The third-order valence-electron chi connectivity index (χ3n) is 4.30. The van der Waals surface area contributed by atoms with Gasteiger partial charge in [0.15, 0.2) is 0 Å². The molecule has 4 heteroatoms. The molecule has 98 valence electrons. The Labute approximate surface area is 112 Å². The predicted molar refractivity (Wildman–Crippen MR) is 72.9 cm³/mol. The molecule has 0 radical (unpaired) electrons. The van der Waals surface area contributed by atoms with E-state index >= 15 is 0 Å². The highest BCUT2D eigenvalue weighted by molar-refractivity contribution is 7.09. The molecule has 3 rings (SSSR count). The Morgan fingerprint density at radius 3 is 2.78 bits per heavy atom. The Bertz CT molecular complexity index is 437. The summed E-state index contributed by atoms with van der Waals surface area (Å²) in [6.45, 7) is 3.43. The van der Waals surface area contributed by atoms with Gasteiger partial charge in [0.2, 0.25) is 5.91 Å². The molecule has 0 aromatic carbocycles. The van der Waals surface area contributed by atoms with Gasteiger partial charge in [0.05, 0.1) is 10.7 Å². The van der Waals surface area contributed by atoms with Crippen LogP contribution in [0.25, 0.3) is 0 Å². The second kappa shape index (κ2) is 5.00. The Balaban J connectivity index is 1.68. The first kappa shape index (κ1) is 12.2. The van der Waals surface area contributed by atoms with Gasteiger partial charge in [-0.15, -0.1) is 11.3 Å². The second-order valence-electron chi connectivity index (χ2n) is 5.54. The van der Waals surface area contributed by atoms with E-state index in [4.69, 9.17) is 4.98 Å². The summed E-state index contributed by atoms with van der Waals surface area (Å²) in [6.07, 6.45) is 6.43. The molecule has 1 saturated heterocycles. The molecule has 0 spiro atoms. The van der Waals surface area contributed by atoms with Gasteiger partial charge in [0.25, 0.3) is 0 Å². The maximum absolute atomic E-state index is 11.3. The molecular formula is C14H20N2OS. The molecule has 1 aromatic rings. The van der Waals surface area contributed by atoms with Crippen molar-refractivity contribution >= 4 is 17.2 Å². The molecular weight excluding hydrogens is 244 g/mol. The molecule has 1 atom stereocenters. The summed E-state index contributed by atoms with van der Waals surface area (Å²) in [5, 5.41) is 3.50. The van der Waals surface area contributed by atoms with E-state index in [-0.39, 0.29) is 5.91 Å². The van der Waals surface area contributed by atoms with Crippen LogP contribution in [0.5, 0.6) is 0 Å². The fraction of sp³-hybridized carbons (Fsp3) is 0.714. The number of carbonyl (C=O) groups excluding carboxylic acids is 1. The number of amides is 1. The zero-order valence-corrected chi connectivity index (χ0v) is 11.7. The first-order valence-electron chi connectivity index (χ1n) is 6.95. The standard InChI is InChI=1S/C14H20N2OS/c1-10(17)16-7-6-12(8-16)14-15-13(9-18-14)11-4-2-3-5-11/h9,11-12H,2-8H2,1H3. The average Bonchev–Trinajstić information content (AvgIpc) is 3.10. The minimum Gasteiger partial charge on any atom is -0.342 e. The van der Waals surface area contributed by atoms with Crippen LogP contribution in [-0.4, -0.2) is 28.9 Å². The van der Waals surface area contributed by atoms with Gasteiger partial charge < -0.3 is 4.90 Å². The van der Waals surface area contributed by atoms with Crippen molar-refractivity contribution in [3.05, 3.63) is 16.1 Å². The minimum absolute atomic E-state index is 0.199. The van der Waals surface area contributed by atoms with Gasteiger partial charge in [-0.05, 0) is 19.3 Å². The van der Waals surface area contributed by atoms with E-state index in [2.05, 4.69) is 5.38 Å². The van der Waals surface area contributed by atoms with Crippen molar-refractivity contribution in [1.29, 1.82) is 0 Å². The van der Waals surface area contributed by atoms with Gasteiger partial charge in [0.1, 0.15) is 0 Å². The summed E-state index contributed by atoms with van der Waals surface area (Å²) in [5.41, 5.74) is 1.31. The van der Waals surface area contributed by atoms with Crippen molar-refractivity contribution in [2.24, 2.45) is 0 Å². The number of rotatable bonds is 2. The van der Waals surface area contributed by atoms with Crippen LogP contribution in [0.1, 0.15) is 61.6 Å². The van der Waals surface area contributed by atoms with Crippen molar-refractivity contribution in [3.63, 3.8) is 0 Å².